The molecule has 2 rings (SSSR count). The molecular formula is C14H16BrN3. The van der Waals surface area contributed by atoms with Gasteiger partial charge in [0, 0.05) is 18.1 Å². The molecule has 2 N–H and O–H groups in total. The molecule has 0 unspecified atom stereocenters. The second-order valence-electron chi connectivity index (χ2n) is 4.35. The monoisotopic (exact) mass is 305 g/mol. The van der Waals surface area contributed by atoms with E-state index in [4.69, 9.17) is 5.73 Å². The van der Waals surface area contributed by atoms with Crippen LogP contribution in [0.3, 0.4) is 0 Å². The quantitative estimate of drug-likeness (QED) is 0.945. The molecule has 0 bridgehead atoms. The second kappa shape index (κ2) is 5.40. The van der Waals surface area contributed by atoms with Crippen LogP contribution in [0, 0.1) is 6.92 Å². The van der Waals surface area contributed by atoms with Gasteiger partial charge in [0.1, 0.15) is 5.82 Å². The van der Waals surface area contributed by atoms with Crippen molar-refractivity contribution in [3.8, 4) is 0 Å². The van der Waals surface area contributed by atoms with Gasteiger partial charge in [0.05, 0.1) is 11.9 Å². The summed E-state index contributed by atoms with van der Waals surface area (Å²) in [6.45, 7) is 2.80. The molecular weight excluding hydrogens is 290 g/mol. The molecule has 0 aliphatic rings. The lowest BCUT2D eigenvalue weighted by Crippen LogP contribution is -2.18. The van der Waals surface area contributed by atoms with Crippen molar-refractivity contribution in [1.29, 1.82) is 0 Å². The highest BCUT2D eigenvalue weighted by Crippen LogP contribution is 2.21. The van der Waals surface area contributed by atoms with Crippen molar-refractivity contribution in [3.63, 3.8) is 0 Å². The summed E-state index contributed by atoms with van der Waals surface area (Å²) < 4.78 is 1.11. The van der Waals surface area contributed by atoms with E-state index in [2.05, 4.69) is 31.9 Å². The summed E-state index contributed by atoms with van der Waals surface area (Å²) in [6.07, 6.45) is 1.71. The molecule has 1 heterocycles. The van der Waals surface area contributed by atoms with Crippen molar-refractivity contribution in [3.05, 3.63) is 52.1 Å². The van der Waals surface area contributed by atoms with Crippen molar-refractivity contribution in [2.24, 2.45) is 0 Å². The number of aromatic nitrogens is 1. The molecule has 0 aliphatic carbocycles. The van der Waals surface area contributed by atoms with Gasteiger partial charge in [0.15, 0.2) is 0 Å². The highest BCUT2D eigenvalue weighted by atomic mass is 79.9. The number of hydrogen-bond donors (Lipinski definition) is 1. The first-order valence-corrected chi connectivity index (χ1v) is 6.54. The lowest BCUT2D eigenvalue weighted by molar-refractivity contribution is 0.893. The normalized spacial score (nSPS) is 10.4. The fourth-order valence-electron chi connectivity index (χ4n) is 1.72. The summed E-state index contributed by atoms with van der Waals surface area (Å²) in [5.74, 6) is 0.928. The molecule has 3 nitrogen and oxygen atoms in total. The van der Waals surface area contributed by atoms with Gasteiger partial charge in [0.25, 0.3) is 0 Å². The van der Waals surface area contributed by atoms with Gasteiger partial charge in [-0.2, -0.15) is 0 Å². The summed E-state index contributed by atoms with van der Waals surface area (Å²) >= 11 is 3.56. The van der Waals surface area contributed by atoms with Gasteiger partial charge < -0.3 is 10.6 Å². The Morgan fingerprint density at radius 3 is 2.72 bits per heavy atom. The van der Waals surface area contributed by atoms with Crippen molar-refractivity contribution >= 4 is 27.4 Å². The van der Waals surface area contributed by atoms with E-state index >= 15 is 0 Å². The average Bonchev–Trinajstić information content (AvgIpc) is 2.35. The Morgan fingerprint density at radius 1 is 1.33 bits per heavy atom. The van der Waals surface area contributed by atoms with Crippen LogP contribution in [-0.2, 0) is 6.54 Å². The Hall–Kier alpha value is -1.55. The standard InChI is InChI=1S/C14H16BrN3/c1-10-7-14(17-8-13(10)16)18(2)9-11-5-3-4-6-12(11)15/h3-8H,9,16H2,1-2H3. The molecule has 1 aromatic heterocycles. The molecule has 18 heavy (non-hydrogen) atoms. The molecule has 0 saturated carbocycles. The van der Waals surface area contributed by atoms with E-state index < -0.39 is 0 Å². The Balaban J connectivity index is 2.19. The number of halogens is 1. The average molecular weight is 306 g/mol. The predicted octanol–water partition coefficient (Wildman–Crippen LogP) is 3.37. The van der Waals surface area contributed by atoms with Crippen LogP contribution >= 0.6 is 15.9 Å². The third kappa shape index (κ3) is 2.82. The number of nitrogens with zero attached hydrogens (tertiary/aromatic N) is 2. The summed E-state index contributed by atoms with van der Waals surface area (Å²) in [5, 5.41) is 0. The molecule has 0 fully saturated rings. The Bertz CT molecular complexity index is 554. The highest BCUT2D eigenvalue weighted by molar-refractivity contribution is 9.10. The number of hydrogen-bond acceptors (Lipinski definition) is 3. The Kier molecular flexibility index (Phi) is 3.87. The fraction of sp³-hybridized carbons (Fsp3) is 0.214. The minimum atomic E-state index is 0.730. The van der Waals surface area contributed by atoms with Gasteiger partial charge in [0.2, 0.25) is 0 Å². The largest absolute Gasteiger partial charge is 0.397 e. The Labute approximate surface area is 116 Å². The topological polar surface area (TPSA) is 42.2 Å². The van der Waals surface area contributed by atoms with E-state index in [1.54, 1.807) is 6.20 Å². The minimum absolute atomic E-state index is 0.730. The lowest BCUT2D eigenvalue weighted by Gasteiger charge is -2.19. The van der Waals surface area contributed by atoms with E-state index in [-0.39, 0.29) is 0 Å². The van der Waals surface area contributed by atoms with E-state index in [0.29, 0.717) is 0 Å². The number of rotatable bonds is 3. The van der Waals surface area contributed by atoms with Crippen molar-refractivity contribution in [2.75, 3.05) is 17.7 Å². The first-order chi connectivity index (χ1) is 8.58. The van der Waals surface area contributed by atoms with Gasteiger partial charge in [-0.3, -0.25) is 0 Å². The van der Waals surface area contributed by atoms with Gasteiger partial charge >= 0.3 is 0 Å². The van der Waals surface area contributed by atoms with E-state index in [1.165, 1.54) is 5.56 Å². The summed E-state index contributed by atoms with van der Waals surface area (Å²) in [4.78, 5) is 6.45. The van der Waals surface area contributed by atoms with Gasteiger partial charge in [-0.25, -0.2) is 4.98 Å². The van der Waals surface area contributed by atoms with Crippen LogP contribution in [0.1, 0.15) is 11.1 Å². The zero-order valence-corrected chi connectivity index (χ0v) is 12.1. The van der Waals surface area contributed by atoms with E-state index in [9.17, 15) is 0 Å². The minimum Gasteiger partial charge on any atom is -0.397 e. The maximum Gasteiger partial charge on any atom is 0.128 e. The molecule has 1 aromatic carbocycles. The summed E-state index contributed by atoms with van der Waals surface area (Å²) in [5.41, 5.74) is 8.79. The number of aryl methyl sites for hydroxylation is 1. The third-order valence-corrected chi connectivity index (χ3v) is 3.67. The van der Waals surface area contributed by atoms with Gasteiger partial charge in [-0.15, -0.1) is 0 Å². The van der Waals surface area contributed by atoms with Crippen LogP contribution in [0.5, 0.6) is 0 Å². The molecule has 4 heteroatoms. The maximum atomic E-state index is 5.78. The van der Waals surface area contributed by atoms with Gasteiger partial charge in [-0.05, 0) is 30.2 Å². The number of pyridine rings is 1. The smallest absolute Gasteiger partial charge is 0.128 e. The van der Waals surface area contributed by atoms with Crippen LogP contribution in [-0.4, -0.2) is 12.0 Å². The van der Waals surface area contributed by atoms with Gasteiger partial charge in [-0.1, -0.05) is 34.1 Å². The second-order valence-corrected chi connectivity index (χ2v) is 5.20. The maximum absolute atomic E-state index is 5.78. The van der Waals surface area contributed by atoms with Crippen LogP contribution < -0.4 is 10.6 Å². The lowest BCUT2D eigenvalue weighted by atomic mass is 10.2. The molecule has 2 aromatic rings. The molecule has 0 amide bonds. The zero-order chi connectivity index (χ0) is 13.1. The molecule has 0 spiro atoms. The summed E-state index contributed by atoms with van der Waals surface area (Å²) in [7, 11) is 2.03. The van der Waals surface area contributed by atoms with Crippen LogP contribution in [0.25, 0.3) is 0 Å². The number of nitrogens with two attached hydrogens (primary N) is 1. The van der Waals surface area contributed by atoms with Crippen molar-refractivity contribution < 1.29 is 0 Å². The van der Waals surface area contributed by atoms with E-state index in [0.717, 1.165) is 28.1 Å². The number of nitrogen functional groups attached to an aromatic ring is 1. The number of anilines is 2. The van der Waals surface area contributed by atoms with Crippen LogP contribution in [0.2, 0.25) is 0 Å². The zero-order valence-electron chi connectivity index (χ0n) is 10.5. The summed E-state index contributed by atoms with van der Waals surface area (Å²) in [6, 6.07) is 10.2. The highest BCUT2D eigenvalue weighted by Gasteiger charge is 2.07. The third-order valence-electron chi connectivity index (χ3n) is 2.89. The van der Waals surface area contributed by atoms with Crippen LogP contribution in [0.15, 0.2) is 41.0 Å². The fourth-order valence-corrected chi connectivity index (χ4v) is 2.13. The predicted molar refractivity (Wildman–Crippen MR) is 79.6 cm³/mol. The molecule has 0 aliphatic heterocycles. The van der Waals surface area contributed by atoms with Crippen LogP contribution in [0.4, 0.5) is 11.5 Å². The van der Waals surface area contributed by atoms with Crippen molar-refractivity contribution in [1.82, 2.24) is 4.98 Å². The Morgan fingerprint density at radius 2 is 2.06 bits per heavy atom. The molecule has 94 valence electrons. The number of benzene rings is 1. The van der Waals surface area contributed by atoms with Crippen molar-refractivity contribution in [2.45, 2.75) is 13.5 Å². The first-order valence-electron chi connectivity index (χ1n) is 5.74. The first kappa shape index (κ1) is 12.9. The molecule has 0 atom stereocenters. The SMILES string of the molecule is Cc1cc(N(C)Cc2ccccc2Br)ncc1N. The molecule has 0 saturated heterocycles. The molecule has 0 radical (unpaired) electrons. The van der Waals surface area contributed by atoms with E-state index in [1.807, 2.05) is 38.2 Å².